The first-order valence-corrected chi connectivity index (χ1v) is 6.58. The van der Waals surface area contributed by atoms with Crippen molar-refractivity contribution in [3.63, 3.8) is 0 Å². The van der Waals surface area contributed by atoms with Gasteiger partial charge in [0.15, 0.2) is 0 Å². The Bertz CT molecular complexity index is 423. The predicted octanol–water partition coefficient (Wildman–Crippen LogP) is 2.17. The number of hydrogen-bond donors (Lipinski definition) is 1. The van der Waals surface area contributed by atoms with Crippen molar-refractivity contribution >= 4 is 11.7 Å². The molecule has 0 bridgehead atoms. The van der Waals surface area contributed by atoms with Crippen molar-refractivity contribution in [2.24, 2.45) is 11.8 Å². The summed E-state index contributed by atoms with van der Waals surface area (Å²) >= 11 is 0. The molecule has 2 N–H and O–H groups in total. The molecule has 0 atom stereocenters. The highest BCUT2D eigenvalue weighted by atomic mass is 16.2. The van der Waals surface area contributed by atoms with Gasteiger partial charge in [0.05, 0.1) is 0 Å². The molecule has 18 heavy (non-hydrogen) atoms. The van der Waals surface area contributed by atoms with Crippen molar-refractivity contribution in [2.75, 3.05) is 18.8 Å². The van der Waals surface area contributed by atoms with Crippen LogP contribution in [-0.2, 0) is 0 Å². The monoisotopic (exact) mass is 247 g/mol. The summed E-state index contributed by atoms with van der Waals surface area (Å²) < 4.78 is 0. The number of carbonyl (C=O) groups excluding carboxylic acids is 1. The second kappa shape index (κ2) is 5.38. The fraction of sp³-hybridized carbons (Fsp3) is 0.571. The normalized spacial score (nSPS) is 17.2. The molecule has 0 unspecified atom stereocenters. The van der Waals surface area contributed by atoms with Crippen molar-refractivity contribution in [1.29, 1.82) is 0 Å². The number of carbonyl (C=O) groups is 1. The van der Waals surface area contributed by atoms with Gasteiger partial charge in [0.2, 0.25) is 0 Å². The Morgan fingerprint density at radius 3 is 2.67 bits per heavy atom. The number of piperidine rings is 1. The minimum Gasteiger partial charge on any atom is -0.384 e. The van der Waals surface area contributed by atoms with Gasteiger partial charge in [-0.3, -0.25) is 4.79 Å². The Morgan fingerprint density at radius 2 is 2.11 bits per heavy atom. The molecule has 4 nitrogen and oxygen atoms in total. The highest BCUT2D eigenvalue weighted by molar-refractivity contribution is 5.94. The maximum Gasteiger partial charge on any atom is 0.254 e. The Kier molecular flexibility index (Phi) is 3.84. The minimum atomic E-state index is 0.0753. The third-order valence-electron chi connectivity index (χ3n) is 3.80. The molecule has 1 aromatic rings. The predicted molar refractivity (Wildman–Crippen MR) is 72.1 cm³/mol. The van der Waals surface area contributed by atoms with Gasteiger partial charge in [0, 0.05) is 24.8 Å². The average molecular weight is 247 g/mol. The van der Waals surface area contributed by atoms with Gasteiger partial charge in [-0.15, -0.1) is 0 Å². The number of nitrogen functional groups attached to an aromatic ring is 1. The van der Waals surface area contributed by atoms with Crippen LogP contribution in [0.2, 0.25) is 0 Å². The Morgan fingerprint density at radius 1 is 1.44 bits per heavy atom. The van der Waals surface area contributed by atoms with Crippen molar-refractivity contribution < 1.29 is 4.79 Å². The van der Waals surface area contributed by atoms with E-state index in [0.29, 0.717) is 17.3 Å². The molecule has 2 rings (SSSR count). The van der Waals surface area contributed by atoms with E-state index in [2.05, 4.69) is 18.8 Å². The summed E-state index contributed by atoms with van der Waals surface area (Å²) in [4.78, 5) is 18.1. The first kappa shape index (κ1) is 12.9. The third-order valence-corrected chi connectivity index (χ3v) is 3.80. The SMILES string of the molecule is CC(C)C1CCN(C(=O)c2ccnc(N)c2)CC1. The van der Waals surface area contributed by atoms with Crippen LogP contribution in [0.3, 0.4) is 0 Å². The molecule has 4 heteroatoms. The molecule has 1 aromatic heterocycles. The first-order valence-electron chi connectivity index (χ1n) is 6.58. The fourth-order valence-electron chi connectivity index (χ4n) is 2.53. The van der Waals surface area contributed by atoms with Crippen molar-refractivity contribution in [1.82, 2.24) is 9.88 Å². The molecule has 0 spiro atoms. The molecule has 0 saturated carbocycles. The molecule has 1 aliphatic rings. The lowest BCUT2D eigenvalue weighted by Crippen LogP contribution is -2.39. The van der Waals surface area contributed by atoms with Gasteiger partial charge in [-0.1, -0.05) is 13.8 Å². The number of nitrogens with two attached hydrogens (primary N) is 1. The van der Waals surface area contributed by atoms with Gasteiger partial charge in [-0.25, -0.2) is 4.98 Å². The van der Waals surface area contributed by atoms with E-state index in [0.717, 1.165) is 31.8 Å². The summed E-state index contributed by atoms with van der Waals surface area (Å²) in [6, 6.07) is 3.38. The zero-order chi connectivity index (χ0) is 13.1. The maximum absolute atomic E-state index is 12.3. The van der Waals surface area contributed by atoms with Crippen LogP contribution in [0, 0.1) is 11.8 Å². The lowest BCUT2D eigenvalue weighted by Gasteiger charge is -2.33. The average Bonchev–Trinajstić information content (AvgIpc) is 2.38. The van der Waals surface area contributed by atoms with E-state index >= 15 is 0 Å². The number of aromatic nitrogens is 1. The van der Waals surface area contributed by atoms with Gasteiger partial charge >= 0.3 is 0 Å². The highest BCUT2D eigenvalue weighted by Crippen LogP contribution is 2.25. The molecule has 1 aliphatic heterocycles. The Labute approximate surface area is 108 Å². The largest absolute Gasteiger partial charge is 0.384 e. The summed E-state index contributed by atoms with van der Waals surface area (Å²) in [5, 5.41) is 0. The summed E-state index contributed by atoms with van der Waals surface area (Å²) in [6.45, 7) is 6.21. The van der Waals surface area contributed by atoms with Gasteiger partial charge in [-0.05, 0) is 36.8 Å². The number of nitrogens with zero attached hydrogens (tertiary/aromatic N) is 2. The molecule has 0 radical (unpaired) electrons. The number of pyridine rings is 1. The summed E-state index contributed by atoms with van der Waals surface area (Å²) in [5.41, 5.74) is 6.25. The van der Waals surface area contributed by atoms with E-state index in [1.165, 1.54) is 0 Å². The van der Waals surface area contributed by atoms with E-state index in [4.69, 9.17) is 5.73 Å². The number of rotatable bonds is 2. The van der Waals surface area contributed by atoms with Crippen LogP contribution >= 0.6 is 0 Å². The molecular weight excluding hydrogens is 226 g/mol. The number of likely N-dealkylation sites (tertiary alicyclic amines) is 1. The lowest BCUT2D eigenvalue weighted by atomic mass is 9.86. The number of hydrogen-bond acceptors (Lipinski definition) is 3. The molecular formula is C14H21N3O. The molecule has 1 saturated heterocycles. The quantitative estimate of drug-likeness (QED) is 0.871. The Balaban J connectivity index is 1.99. The van der Waals surface area contributed by atoms with Crippen LogP contribution in [0.4, 0.5) is 5.82 Å². The Hall–Kier alpha value is -1.58. The molecule has 98 valence electrons. The van der Waals surface area contributed by atoms with Gasteiger partial charge in [-0.2, -0.15) is 0 Å². The van der Waals surface area contributed by atoms with Gasteiger partial charge in [0.1, 0.15) is 5.82 Å². The zero-order valence-corrected chi connectivity index (χ0v) is 11.1. The fourth-order valence-corrected chi connectivity index (χ4v) is 2.53. The molecule has 2 heterocycles. The first-order chi connectivity index (χ1) is 8.58. The van der Waals surface area contributed by atoms with Crippen molar-refractivity contribution in [3.05, 3.63) is 23.9 Å². The van der Waals surface area contributed by atoms with E-state index < -0.39 is 0 Å². The van der Waals surface area contributed by atoms with E-state index in [-0.39, 0.29) is 5.91 Å². The van der Waals surface area contributed by atoms with Crippen molar-refractivity contribution in [3.8, 4) is 0 Å². The molecule has 1 amide bonds. The number of anilines is 1. The smallest absolute Gasteiger partial charge is 0.254 e. The summed E-state index contributed by atoms with van der Waals surface area (Å²) in [6.07, 6.45) is 3.79. The molecule has 0 aliphatic carbocycles. The van der Waals surface area contributed by atoms with Gasteiger partial charge in [0.25, 0.3) is 5.91 Å². The highest BCUT2D eigenvalue weighted by Gasteiger charge is 2.25. The van der Waals surface area contributed by atoms with Crippen LogP contribution in [0.25, 0.3) is 0 Å². The second-order valence-corrected chi connectivity index (χ2v) is 5.34. The van der Waals surface area contributed by atoms with E-state index in [1.54, 1.807) is 18.3 Å². The maximum atomic E-state index is 12.3. The minimum absolute atomic E-state index is 0.0753. The van der Waals surface area contributed by atoms with Crippen molar-refractivity contribution in [2.45, 2.75) is 26.7 Å². The lowest BCUT2D eigenvalue weighted by molar-refractivity contribution is 0.0667. The van der Waals surface area contributed by atoms with Crippen LogP contribution in [0.15, 0.2) is 18.3 Å². The van der Waals surface area contributed by atoms with Crippen LogP contribution in [-0.4, -0.2) is 28.9 Å². The summed E-state index contributed by atoms with van der Waals surface area (Å²) in [5.74, 6) is 1.93. The molecule has 0 aromatic carbocycles. The third kappa shape index (κ3) is 2.81. The van der Waals surface area contributed by atoms with E-state index in [9.17, 15) is 4.79 Å². The van der Waals surface area contributed by atoms with Gasteiger partial charge < -0.3 is 10.6 Å². The zero-order valence-electron chi connectivity index (χ0n) is 11.1. The second-order valence-electron chi connectivity index (χ2n) is 5.34. The van der Waals surface area contributed by atoms with E-state index in [1.807, 2.05) is 4.90 Å². The number of amides is 1. The van der Waals surface area contributed by atoms with Crippen LogP contribution in [0.1, 0.15) is 37.0 Å². The standard InChI is InChI=1S/C14H21N3O/c1-10(2)11-4-7-17(8-5-11)14(18)12-3-6-16-13(15)9-12/h3,6,9-11H,4-5,7-8H2,1-2H3,(H2,15,16). The molecule has 1 fully saturated rings. The topological polar surface area (TPSA) is 59.2 Å². The van der Waals surface area contributed by atoms with Crippen LogP contribution in [0.5, 0.6) is 0 Å². The summed E-state index contributed by atoms with van der Waals surface area (Å²) in [7, 11) is 0. The van der Waals surface area contributed by atoms with Crippen LogP contribution < -0.4 is 5.73 Å².